The van der Waals surface area contributed by atoms with Gasteiger partial charge >= 0.3 is 12.1 Å². The molecule has 0 amide bonds. The number of nitrogens with zero attached hydrogens (tertiary/aromatic N) is 1. The molecule has 30 heavy (non-hydrogen) atoms. The molecule has 1 saturated heterocycles. The van der Waals surface area contributed by atoms with E-state index in [1.807, 2.05) is 14.0 Å². The number of aryl methyl sites for hydroxylation is 1. The van der Waals surface area contributed by atoms with Crippen LogP contribution in [0.1, 0.15) is 59.3 Å². The van der Waals surface area contributed by atoms with Crippen LogP contribution in [0.2, 0.25) is 0 Å². The number of nitrogens with one attached hydrogen (secondary N) is 1. The molecule has 0 spiro atoms. The van der Waals surface area contributed by atoms with Crippen LogP contribution in [0.5, 0.6) is 0 Å². The number of rotatable bonds is 6. The molecule has 1 fully saturated rings. The molecule has 0 aliphatic carbocycles. The highest BCUT2D eigenvalue weighted by Gasteiger charge is 2.32. The molecule has 0 saturated carbocycles. The first-order valence-corrected chi connectivity index (χ1v) is 10.7. The highest BCUT2D eigenvalue weighted by atomic mass is 32.2. The van der Waals surface area contributed by atoms with E-state index in [2.05, 4.69) is 9.62 Å². The highest BCUT2D eigenvalue weighted by Crippen LogP contribution is 2.40. The van der Waals surface area contributed by atoms with Gasteiger partial charge in [0.1, 0.15) is 0 Å². The molecule has 1 unspecified atom stereocenters. The number of hydrogen-bond donors (Lipinski definition) is 2. The van der Waals surface area contributed by atoms with Gasteiger partial charge in [0.05, 0.1) is 11.1 Å². The third kappa shape index (κ3) is 5.10. The number of alkyl halides is 3. The Kier molecular flexibility index (Phi) is 6.98. The van der Waals surface area contributed by atoms with Crippen molar-refractivity contribution in [2.24, 2.45) is 0 Å². The molecule has 4 nitrogen and oxygen atoms in total. The highest BCUT2D eigenvalue weighted by molar-refractivity contribution is 8.00. The molecular formula is C22H25F3N2O2S. The maximum Gasteiger partial charge on any atom is 0.416 e. The second-order valence-electron chi connectivity index (χ2n) is 7.48. The summed E-state index contributed by atoms with van der Waals surface area (Å²) in [6.45, 7) is 2.85. The molecule has 0 aromatic heterocycles. The summed E-state index contributed by atoms with van der Waals surface area (Å²) in [6, 6.07) is 8.73. The quantitative estimate of drug-likeness (QED) is 0.523. The first-order valence-electron chi connectivity index (χ1n) is 9.91. The summed E-state index contributed by atoms with van der Waals surface area (Å²) in [5, 5.41) is 9.27. The van der Waals surface area contributed by atoms with E-state index in [1.54, 1.807) is 18.2 Å². The molecule has 2 N–H and O–H groups in total. The second kappa shape index (κ2) is 9.31. The number of benzene rings is 2. The molecule has 0 bridgehead atoms. The van der Waals surface area contributed by atoms with Gasteiger partial charge in [-0.05, 0) is 80.2 Å². The summed E-state index contributed by atoms with van der Waals surface area (Å²) in [6.07, 6.45) is -0.757. The Morgan fingerprint density at radius 2 is 2.00 bits per heavy atom. The van der Waals surface area contributed by atoms with Gasteiger partial charge in [-0.3, -0.25) is 4.90 Å². The Labute approximate surface area is 178 Å². The van der Waals surface area contributed by atoms with E-state index >= 15 is 0 Å². The van der Waals surface area contributed by atoms with Crippen molar-refractivity contribution in [2.75, 3.05) is 18.3 Å². The van der Waals surface area contributed by atoms with Crippen molar-refractivity contribution in [1.82, 2.24) is 4.90 Å². The minimum absolute atomic E-state index is 0.0418. The fraction of sp³-hybridized carbons (Fsp3) is 0.409. The van der Waals surface area contributed by atoms with Crippen LogP contribution in [-0.2, 0) is 12.6 Å². The first kappa shape index (κ1) is 22.5. The minimum Gasteiger partial charge on any atom is -0.478 e. The predicted molar refractivity (Wildman–Crippen MR) is 113 cm³/mol. The van der Waals surface area contributed by atoms with Crippen LogP contribution in [0.25, 0.3) is 0 Å². The van der Waals surface area contributed by atoms with Gasteiger partial charge in [-0.15, -0.1) is 0 Å². The molecule has 162 valence electrons. The van der Waals surface area contributed by atoms with Crippen molar-refractivity contribution in [3.63, 3.8) is 0 Å². The summed E-state index contributed by atoms with van der Waals surface area (Å²) in [4.78, 5) is 14.2. The lowest BCUT2D eigenvalue weighted by Gasteiger charge is -2.34. The molecule has 0 radical (unpaired) electrons. The largest absolute Gasteiger partial charge is 0.478 e. The summed E-state index contributed by atoms with van der Waals surface area (Å²) in [5.41, 5.74) is 1.61. The minimum atomic E-state index is -4.43. The van der Waals surface area contributed by atoms with Crippen molar-refractivity contribution < 1.29 is 23.1 Å². The smallest absolute Gasteiger partial charge is 0.416 e. The monoisotopic (exact) mass is 438 g/mol. The number of aromatic carboxylic acids is 1. The Bertz CT molecular complexity index is 918. The number of carboxylic acids is 1. The zero-order valence-corrected chi connectivity index (χ0v) is 17.7. The standard InChI is InChI=1S/C22H25F3N2O2S/c1-3-14-7-8-15(21(28)29)12-20(14)30-26-18-13-16(22(23,24)25)9-10-17(18)19-6-4-5-11-27(19)2/h7-10,12-13,19,26H,3-6,11H2,1-2H3,(H,28,29). The van der Waals surface area contributed by atoms with Gasteiger partial charge in [0.25, 0.3) is 0 Å². The molecule has 2 aromatic carbocycles. The summed E-state index contributed by atoms with van der Waals surface area (Å²) in [5.74, 6) is -1.04. The zero-order chi connectivity index (χ0) is 21.9. The number of anilines is 1. The van der Waals surface area contributed by atoms with E-state index in [9.17, 15) is 23.1 Å². The summed E-state index contributed by atoms with van der Waals surface area (Å²) < 4.78 is 43.1. The van der Waals surface area contributed by atoms with Crippen molar-refractivity contribution >= 4 is 23.6 Å². The van der Waals surface area contributed by atoms with Crippen LogP contribution in [0.4, 0.5) is 18.9 Å². The van der Waals surface area contributed by atoms with Crippen molar-refractivity contribution in [1.29, 1.82) is 0 Å². The maximum absolute atomic E-state index is 13.3. The van der Waals surface area contributed by atoms with E-state index in [1.165, 1.54) is 6.07 Å². The molecule has 1 atom stereocenters. The number of piperidine rings is 1. The summed E-state index contributed by atoms with van der Waals surface area (Å²) >= 11 is 1.16. The SMILES string of the molecule is CCc1ccc(C(=O)O)cc1SNc1cc(C(F)(F)F)ccc1C1CCCCN1C. The van der Waals surface area contributed by atoms with E-state index < -0.39 is 17.7 Å². The van der Waals surface area contributed by atoms with Crippen molar-refractivity contribution in [2.45, 2.75) is 49.7 Å². The van der Waals surface area contributed by atoms with Crippen LogP contribution in [0.15, 0.2) is 41.3 Å². The predicted octanol–water partition coefficient (Wildman–Crippen LogP) is 6.24. The molecule has 1 heterocycles. The maximum atomic E-state index is 13.3. The number of halogens is 3. The van der Waals surface area contributed by atoms with Gasteiger partial charge in [-0.1, -0.05) is 25.5 Å². The van der Waals surface area contributed by atoms with Gasteiger partial charge in [-0.2, -0.15) is 13.2 Å². The lowest BCUT2D eigenvalue weighted by molar-refractivity contribution is -0.137. The van der Waals surface area contributed by atoms with Crippen LogP contribution in [0, 0.1) is 0 Å². The number of carboxylic acid groups (broad SMARTS) is 1. The van der Waals surface area contributed by atoms with Crippen molar-refractivity contribution in [3.8, 4) is 0 Å². The third-order valence-corrected chi connectivity index (χ3v) is 6.40. The lowest BCUT2D eigenvalue weighted by Crippen LogP contribution is -2.30. The number of hydrogen-bond acceptors (Lipinski definition) is 4. The Morgan fingerprint density at radius 1 is 1.23 bits per heavy atom. The fourth-order valence-corrected chi connectivity index (χ4v) is 4.69. The normalized spacial score (nSPS) is 17.7. The summed E-state index contributed by atoms with van der Waals surface area (Å²) in [7, 11) is 1.99. The number of likely N-dealkylation sites (tertiary alicyclic amines) is 1. The van der Waals surface area contributed by atoms with Crippen LogP contribution >= 0.6 is 11.9 Å². The third-order valence-electron chi connectivity index (χ3n) is 5.48. The van der Waals surface area contributed by atoms with Crippen LogP contribution in [0.3, 0.4) is 0 Å². The second-order valence-corrected chi connectivity index (χ2v) is 8.33. The van der Waals surface area contributed by atoms with Crippen molar-refractivity contribution in [3.05, 3.63) is 58.7 Å². The van der Waals surface area contributed by atoms with Gasteiger partial charge in [0.2, 0.25) is 0 Å². The van der Waals surface area contributed by atoms with Gasteiger partial charge in [0, 0.05) is 16.6 Å². The van der Waals surface area contributed by atoms with Gasteiger partial charge in [-0.25, -0.2) is 4.79 Å². The molecule has 1 aliphatic rings. The van der Waals surface area contributed by atoms with E-state index in [0.717, 1.165) is 61.0 Å². The molecular weight excluding hydrogens is 413 g/mol. The first-order chi connectivity index (χ1) is 14.2. The average molecular weight is 439 g/mol. The fourth-order valence-electron chi connectivity index (χ4n) is 3.76. The Hall–Kier alpha value is -2.19. The van der Waals surface area contributed by atoms with Crippen LogP contribution < -0.4 is 4.72 Å². The van der Waals surface area contributed by atoms with Gasteiger partial charge < -0.3 is 9.83 Å². The Morgan fingerprint density at radius 3 is 2.63 bits per heavy atom. The molecule has 2 aromatic rings. The van der Waals surface area contributed by atoms with Crippen LogP contribution in [-0.4, -0.2) is 29.6 Å². The molecule has 3 rings (SSSR count). The topological polar surface area (TPSA) is 52.6 Å². The lowest BCUT2D eigenvalue weighted by atomic mass is 9.93. The van der Waals surface area contributed by atoms with E-state index in [-0.39, 0.29) is 11.6 Å². The molecule has 8 heteroatoms. The Balaban J connectivity index is 1.95. The van der Waals surface area contributed by atoms with E-state index in [4.69, 9.17) is 0 Å². The molecule has 1 aliphatic heterocycles. The zero-order valence-electron chi connectivity index (χ0n) is 16.9. The number of carbonyl (C=O) groups is 1. The average Bonchev–Trinajstić information content (AvgIpc) is 2.71. The van der Waals surface area contributed by atoms with E-state index in [0.29, 0.717) is 17.0 Å². The van der Waals surface area contributed by atoms with Gasteiger partial charge in [0.15, 0.2) is 0 Å².